The molecule has 32 heavy (non-hydrogen) atoms. The Kier molecular flexibility index (Phi) is 6.27. The molecule has 0 atom stereocenters. The number of nitrogens with zero attached hydrogens (tertiary/aromatic N) is 5. The highest BCUT2D eigenvalue weighted by atomic mass is 32.1. The van der Waals surface area contributed by atoms with E-state index < -0.39 is 4.92 Å². The lowest BCUT2D eigenvalue weighted by Crippen LogP contribution is -2.33. The van der Waals surface area contributed by atoms with E-state index >= 15 is 0 Å². The number of imidazole rings is 1. The molecule has 2 aromatic carbocycles. The number of rotatable bonds is 8. The predicted octanol–water partition coefficient (Wildman–Crippen LogP) is 4.68. The first-order chi connectivity index (χ1) is 15.4. The standard InChI is InChI=1S/C23H23N5O3S/c1-16-4-9-20-22(17(16)2)25-23(32-20)27(12-3-11-26-13-10-24-15-26)21(29)14-18-5-7-19(8-6-18)28(30)31/h4-10,13,15H,3,11-12,14H2,1-2H3. The van der Waals surface area contributed by atoms with Gasteiger partial charge < -0.3 is 4.57 Å². The summed E-state index contributed by atoms with van der Waals surface area (Å²) in [5.74, 6) is -0.0853. The van der Waals surface area contributed by atoms with Crippen LogP contribution in [0.5, 0.6) is 0 Å². The molecule has 0 fully saturated rings. The molecular formula is C23H23N5O3S. The van der Waals surface area contributed by atoms with Crippen molar-refractivity contribution < 1.29 is 9.72 Å². The lowest BCUT2D eigenvalue weighted by molar-refractivity contribution is -0.384. The Morgan fingerprint density at radius 3 is 2.66 bits per heavy atom. The average molecular weight is 450 g/mol. The zero-order valence-electron chi connectivity index (χ0n) is 17.9. The largest absolute Gasteiger partial charge is 0.337 e. The van der Waals surface area contributed by atoms with E-state index in [1.54, 1.807) is 29.6 Å². The fraction of sp³-hybridized carbons (Fsp3) is 0.261. The topological polar surface area (TPSA) is 94.2 Å². The summed E-state index contributed by atoms with van der Waals surface area (Å²) in [6.07, 6.45) is 6.28. The van der Waals surface area contributed by atoms with E-state index in [9.17, 15) is 14.9 Å². The van der Waals surface area contributed by atoms with Gasteiger partial charge in [0.15, 0.2) is 5.13 Å². The van der Waals surface area contributed by atoms with E-state index in [-0.39, 0.29) is 18.0 Å². The zero-order valence-corrected chi connectivity index (χ0v) is 18.7. The summed E-state index contributed by atoms with van der Waals surface area (Å²) < 4.78 is 3.02. The van der Waals surface area contributed by atoms with Crippen LogP contribution < -0.4 is 4.90 Å². The number of anilines is 1. The molecule has 0 unspecified atom stereocenters. The monoisotopic (exact) mass is 449 g/mol. The summed E-state index contributed by atoms with van der Waals surface area (Å²) in [6.45, 7) is 5.35. The number of nitro groups is 1. The number of amides is 1. The summed E-state index contributed by atoms with van der Waals surface area (Å²) in [7, 11) is 0. The van der Waals surface area contributed by atoms with Crippen LogP contribution >= 0.6 is 11.3 Å². The quantitative estimate of drug-likeness (QED) is 0.287. The summed E-state index contributed by atoms with van der Waals surface area (Å²) in [5, 5.41) is 11.6. The highest BCUT2D eigenvalue weighted by Gasteiger charge is 2.21. The Hall–Kier alpha value is -3.59. The predicted molar refractivity (Wildman–Crippen MR) is 125 cm³/mol. The van der Waals surface area contributed by atoms with Gasteiger partial charge in [-0.2, -0.15) is 0 Å². The summed E-state index contributed by atoms with van der Waals surface area (Å²) in [6, 6.07) is 10.2. The van der Waals surface area contributed by atoms with Gasteiger partial charge in [-0.3, -0.25) is 19.8 Å². The first-order valence-corrected chi connectivity index (χ1v) is 11.1. The molecule has 0 radical (unpaired) electrons. The van der Waals surface area contributed by atoms with Gasteiger partial charge in [-0.15, -0.1) is 0 Å². The Balaban J connectivity index is 1.58. The van der Waals surface area contributed by atoms with Crippen molar-refractivity contribution in [3.05, 3.63) is 81.9 Å². The van der Waals surface area contributed by atoms with E-state index in [1.165, 1.54) is 29.0 Å². The van der Waals surface area contributed by atoms with Gasteiger partial charge in [0.05, 0.1) is 27.9 Å². The summed E-state index contributed by atoms with van der Waals surface area (Å²) >= 11 is 1.51. The second kappa shape index (κ2) is 9.27. The fourth-order valence-electron chi connectivity index (χ4n) is 3.49. The lowest BCUT2D eigenvalue weighted by atomic mass is 10.1. The number of fused-ring (bicyclic) bond motifs is 1. The molecule has 8 nitrogen and oxygen atoms in total. The minimum Gasteiger partial charge on any atom is -0.337 e. The lowest BCUT2D eigenvalue weighted by Gasteiger charge is -2.20. The van der Waals surface area contributed by atoms with Gasteiger partial charge >= 0.3 is 0 Å². The van der Waals surface area contributed by atoms with E-state index in [1.807, 2.05) is 23.8 Å². The first-order valence-electron chi connectivity index (χ1n) is 10.3. The van der Waals surface area contributed by atoms with Crippen LogP contribution in [0.1, 0.15) is 23.1 Å². The molecule has 0 N–H and O–H groups in total. The third-order valence-corrected chi connectivity index (χ3v) is 6.51. The molecule has 0 aliphatic rings. The maximum atomic E-state index is 13.3. The van der Waals surface area contributed by atoms with Crippen LogP contribution in [0.2, 0.25) is 0 Å². The number of carbonyl (C=O) groups excluding carboxylic acids is 1. The highest BCUT2D eigenvalue weighted by molar-refractivity contribution is 7.22. The Bertz CT molecular complexity index is 1250. The van der Waals surface area contributed by atoms with Crippen LogP contribution in [0.3, 0.4) is 0 Å². The van der Waals surface area contributed by atoms with Crippen molar-refractivity contribution in [3.8, 4) is 0 Å². The molecule has 9 heteroatoms. The van der Waals surface area contributed by atoms with Gasteiger partial charge in [-0.1, -0.05) is 29.5 Å². The van der Waals surface area contributed by atoms with E-state index in [4.69, 9.17) is 4.98 Å². The molecule has 0 bridgehead atoms. The molecular weight excluding hydrogens is 426 g/mol. The van der Waals surface area contributed by atoms with Crippen molar-refractivity contribution in [2.75, 3.05) is 11.4 Å². The van der Waals surface area contributed by atoms with E-state index in [2.05, 4.69) is 18.0 Å². The van der Waals surface area contributed by atoms with Gasteiger partial charge in [-0.25, -0.2) is 9.97 Å². The molecule has 0 aliphatic heterocycles. The Morgan fingerprint density at radius 2 is 1.97 bits per heavy atom. The van der Waals surface area contributed by atoms with Crippen LogP contribution in [-0.2, 0) is 17.8 Å². The smallest absolute Gasteiger partial charge is 0.269 e. The van der Waals surface area contributed by atoms with Gasteiger partial charge in [0.2, 0.25) is 5.91 Å². The number of non-ortho nitro benzene ring substituents is 1. The molecule has 4 rings (SSSR count). The van der Waals surface area contributed by atoms with Crippen LogP contribution in [0.4, 0.5) is 10.8 Å². The number of benzene rings is 2. The van der Waals surface area contributed by atoms with Crippen molar-refractivity contribution in [2.24, 2.45) is 0 Å². The van der Waals surface area contributed by atoms with Crippen molar-refractivity contribution in [3.63, 3.8) is 0 Å². The molecule has 0 saturated carbocycles. The number of nitro benzene ring substituents is 1. The first kappa shape index (κ1) is 21.6. The molecule has 0 aliphatic carbocycles. The molecule has 164 valence electrons. The summed E-state index contributed by atoms with van der Waals surface area (Å²) in [4.78, 5) is 34.3. The Labute approximate surface area is 189 Å². The second-order valence-electron chi connectivity index (χ2n) is 7.65. The average Bonchev–Trinajstić information content (AvgIpc) is 3.44. The molecule has 2 aromatic heterocycles. The van der Waals surface area contributed by atoms with Crippen molar-refractivity contribution in [2.45, 2.75) is 33.2 Å². The minimum absolute atomic E-state index is 0.00963. The van der Waals surface area contributed by atoms with Crippen LogP contribution in [0.25, 0.3) is 10.2 Å². The number of hydrogen-bond acceptors (Lipinski definition) is 6. The van der Waals surface area contributed by atoms with Gasteiger partial charge in [0, 0.05) is 37.6 Å². The highest BCUT2D eigenvalue weighted by Crippen LogP contribution is 2.32. The van der Waals surface area contributed by atoms with Crippen molar-refractivity contribution in [1.82, 2.24) is 14.5 Å². The number of carbonyl (C=O) groups is 1. The molecule has 4 aromatic rings. The van der Waals surface area contributed by atoms with Gasteiger partial charge in [-0.05, 0) is 43.0 Å². The Morgan fingerprint density at radius 1 is 1.19 bits per heavy atom. The number of hydrogen-bond donors (Lipinski definition) is 0. The third kappa shape index (κ3) is 4.67. The van der Waals surface area contributed by atoms with Crippen LogP contribution in [0, 0.1) is 24.0 Å². The normalized spacial score (nSPS) is 11.1. The fourth-order valence-corrected chi connectivity index (χ4v) is 4.56. The molecule has 0 saturated heterocycles. The number of aryl methyl sites for hydroxylation is 3. The van der Waals surface area contributed by atoms with E-state index in [0.29, 0.717) is 11.7 Å². The second-order valence-corrected chi connectivity index (χ2v) is 8.66. The number of aromatic nitrogens is 3. The number of thiazole rings is 1. The van der Waals surface area contributed by atoms with Gasteiger partial charge in [0.1, 0.15) is 0 Å². The maximum Gasteiger partial charge on any atom is 0.269 e. The van der Waals surface area contributed by atoms with Crippen LogP contribution in [-0.4, -0.2) is 31.9 Å². The van der Waals surface area contributed by atoms with Gasteiger partial charge in [0.25, 0.3) is 5.69 Å². The zero-order chi connectivity index (χ0) is 22.7. The van der Waals surface area contributed by atoms with E-state index in [0.717, 1.165) is 34.3 Å². The summed E-state index contributed by atoms with van der Waals surface area (Å²) in [5.41, 5.74) is 3.95. The molecule has 1 amide bonds. The molecule has 2 heterocycles. The molecule has 0 spiro atoms. The van der Waals surface area contributed by atoms with Crippen molar-refractivity contribution >= 4 is 38.3 Å². The SMILES string of the molecule is Cc1ccc2sc(N(CCCn3ccnc3)C(=O)Cc3ccc([N+](=O)[O-])cc3)nc2c1C. The third-order valence-electron chi connectivity index (χ3n) is 5.47. The maximum absolute atomic E-state index is 13.3. The van der Waals surface area contributed by atoms with Crippen LogP contribution in [0.15, 0.2) is 55.1 Å². The van der Waals surface area contributed by atoms with Crippen molar-refractivity contribution in [1.29, 1.82) is 0 Å². The minimum atomic E-state index is -0.445.